The van der Waals surface area contributed by atoms with Crippen molar-refractivity contribution in [3.05, 3.63) is 71.2 Å². The second-order valence-corrected chi connectivity index (χ2v) is 9.82. The fraction of sp³-hybridized carbons (Fsp3) is 0.217. The number of aryl methyl sites for hydroxylation is 1. The molecular weight excluding hydrogens is 446 g/mol. The number of carbonyl (C=O) groups is 1. The number of sulfonamides is 1. The van der Waals surface area contributed by atoms with Crippen LogP contribution in [0.25, 0.3) is 6.08 Å². The van der Waals surface area contributed by atoms with Crippen LogP contribution < -0.4 is 14.4 Å². The topological polar surface area (TPSA) is 88.6 Å². The average molecular weight is 472 g/mol. The summed E-state index contributed by atoms with van der Waals surface area (Å²) >= 11 is 1.37. The van der Waals surface area contributed by atoms with E-state index in [1.54, 1.807) is 32.1 Å². The van der Waals surface area contributed by atoms with Crippen molar-refractivity contribution in [3.8, 4) is 5.75 Å². The van der Waals surface area contributed by atoms with Crippen molar-refractivity contribution in [1.29, 1.82) is 0 Å². The van der Waals surface area contributed by atoms with E-state index in [-0.39, 0.29) is 22.6 Å². The minimum absolute atomic E-state index is 0.0127. The zero-order valence-electron chi connectivity index (χ0n) is 18.3. The van der Waals surface area contributed by atoms with Crippen molar-refractivity contribution < 1.29 is 17.9 Å². The van der Waals surface area contributed by atoms with Gasteiger partial charge in [-0.25, -0.2) is 18.1 Å². The van der Waals surface area contributed by atoms with E-state index in [2.05, 4.69) is 9.71 Å². The van der Waals surface area contributed by atoms with Gasteiger partial charge in [0.25, 0.3) is 5.91 Å². The van der Waals surface area contributed by atoms with Crippen LogP contribution in [0.2, 0.25) is 0 Å². The maximum absolute atomic E-state index is 13.1. The highest BCUT2D eigenvalue weighted by Gasteiger charge is 2.21. The standard InChI is InChI=1S/C23H25N3O4S2/c1-16(2)25-32(28,29)21-14-18(10-12-20(21)30-4)11-13-22(27)26(19-8-6-5-7-9-19)23-24-17(3)15-31-23/h5-16,25H,1-4H3/b13-11+. The van der Waals surface area contributed by atoms with Crippen LogP contribution in [0, 0.1) is 6.92 Å². The highest BCUT2D eigenvalue weighted by molar-refractivity contribution is 7.89. The molecule has 32 heavy (non-hydrogen) atoms. The molecule has 0 spiro atoms. The Balaban J connectivity index is 1.95. The molecule has 3 aromatic rings. The number of carbonyl (C=O) groups excluding carboxylic acids is 1. The Hall–Kier alpha value is -3.01. The Morgan fingerprint density at radius 3 is 2.50 bits per heavy atom. The van der Waals surface area contributed by atoms with Gasteiger partial charge in [0.15, 0.2) is 5.13 Å². The summed E-state index contributed by atoms with van der Waals surface area (Å²) in [5.74, 6) is -0.0723. The summed E-state index contributed by atoms with van der Waals surface area (Å²) in [7, 11) is -2.36. The molecule has 0 aliphatic rings. The van der Waals surface area contributed by atoms with E-state index >= 15 is 0 Å². The smallest absolute Gasteiger partial charge is 0.257 e. The molecule has 0 saturated heterocycles. The van der Waals surface area contributed by atoms with Gasteiger partial charge in [0.2, 0.25) is 10.0 Å². The average Bonchev–Trinajstić information content (AvgIpc) is 3.17. The number of hydrogen-bond donors (Lipinski definition) is 1. The van der Waals surface area contributed by atoms with Gasteiger partial charge < -0.3 is 4.74 Å². The summed E-state index contributed by atoms with van der Waals surface area (Å²) in [6.07, 6.45) is 2.98. The predicted octanol–water partition coefficient (Wildman–Crippen LogP) is 4.52. The lowest BCUT2D eigenvalue weighted by atomic mass is 10.2. The molecule has 0 unspecified atom stereocenters. The maximum atomic E-state index is 13.1. The first-order valence-electron chi connectivity index (χ1n) is 9.91. The molecule has 0 bridgehead atoms. The number of methoxy groups -OCH3 is 1. The molecule has 0 saturated carbocycles. The Labute approximate surface area is 192 Å². The van der Waals surface area contributed by atoms with Gasteiger partial charge in [0.1, 0.15) is 10.6 Å². The molecule has 2 aromatic carbocycles. The molecule has 1 N–H and O–H groups in total. The van der Waals surface area contributed by atoms with Gasteiger partial charge in [-0.15, -0.1) is 11.3 Å². The number of thiazole rings is 1. The van der Waals surface area contributed by atoms with Crippen LogP contribution in [-0.2, 0) is 14.8 Å². The number of aromatic nitrogens is 1. The number of ether oxygens (including phenoxy) is 1. The van der Waals surface area contributed by atoms with Crippen LogP contribution in [-0.4, -0.2) is 32.5 Å². The van der Waals surface area contributed by atoms with Crippen LogP contribution in [0.5, 0.6) is 5.75 Å². The largest absolute Gasteiger partial charge is 0.495 e. The van der Waals surface area contributed by atoms with Gasteiger partial charge in [-0.05, 0) is 56.7 Å². The summed E-state index contributed by atoms with van der Waals surface area (Å²) in [5, 5.41) is 2.44. The third-order valence-electron chi connectivity index (χ3n) is 4.32. The van der Waals surface area contributed by atoms with Crippen molar-refractivity contribution in [2.75, 3.05) is 12.0 Å². The third kappa shape index (κ3) is 5.61. The number of hydrogen-bond acceptors (Lipinski definition) is 6. The highest BCUT2D eigenvalue weighted by atomic mass is 32.2. The quantitative estimate of drug-likeness (QED) is 0.488. The van der Waals surface area contributed by atoms with E-state index in [0.717, 1.165) is 5.69 Å². The summed E-state index contributed by atoms with van der Waals surface area (Å²) in [6, 6.07) is 13.7. The number of rotatable bonds is 8. The van der Waals surface area contributed by atoms with E-state index in [9.17, 15) is 13.2 Å². The fourth-order valence-corrected chi connectivity index (χ4v) is 5.26. The monoisotopic (exact) mass is 471 g/mol. The molecule has 168 valence electrons. The second kappa shape index (κ2) is 10.1. The first-order valence-corrected chi connectivity index (χ1v) is 12.3. The van der Waals surface area contributed by atoms with E-state index < -0.39 is 10.0 Å². The van der Waals surface area contributed by atoms with Crippen LogP contribution in [0.1, 0.15) is 25.1 Å². The fourth-order valence-electron chi connectivity index (χ4n) is 2.98. The molecule has 7 nitrogen and oxygen atoms in total. The Bertz CT molecular complexity index is 1220. The SMILES string of the molecule is COc1ccc(/C=C/C(=O)N(c2ccccc2)c2nc(C)cs2)cc1S(=O)(=O)NC(C)C. The normalized spacial score (nSPS) is 11.8. The third-order valence-corrected chi connectivity index (χ3v) is 6.94. The molecule has 9 heteroatoms. The lowest BCUT2D eigenvalue weighted by Crippen LogP contribution is -2.30. The van der Waals surface area contributed by atoms with Crippen LogP contribution in [0.15, 0.2) is 64.9 Å². The molecule has 1 heterocycles. The zero-order chi connectivity index (χ0) is 23.3. The van der Waals surface area contributed by atoms with Gasteiger partial charge in [0.05, 0.1) is 18.5 Å². The van der Waals surface area contributed by atoms with Crippen LogP contribution >= 0.6 is 11.3 Å². The summed E-state index contributed by atoms with van der Waals surface area (Å²) in [6.45, 7) is 5.35. The summed E-state index contributed by atoms with van der Waals surface area (Å²) < 4.78 is 33.2. The Kier molecular flexibility index (Phi) is 7.44. The molecular formula is C23H25N3O4S2. The van der Waals surface area contributed by atoms with Crippen molar-refractivity contribution in [2.24, 2.45) is 0 Å². The molecule has 1 amide bonds. The van der Waals surface area contributed by atoms with Gasteiger partial charge in [0, 0.05) is 17.5 Å². The van der Waals surface area contributed by atoms with Crippen molar-refractivity contribution in [2.45, 2.75) is 31.7 Å². The van der Waals surface area contributed by atoms with Crippen molar-refractivity contribution >= 4 is 44.2 Å². The van der Waals surface area contributed by atoms with E-state index in [0.29, 0.717) is 16.4 Å². The zero-order valence-corrected chi connectivity index (χ0v) is 19.9. The first kappa shape index (κ1) is 23.6. The minimum Gasteiger partial charge on any atom is -0.495 e. The van der Waals surface area contributed by atoms with E-state index in [1.165, 1.54) is 35.5 Å². The maximum Gasteiger partial charge on any atom is 0.257 e. The van der Waals surface area contributed by atoms with Crippen molar-refractivity contribution in [1.82, 2.24) is 9.71 Å². The minimum atomic E-state index is -3.78. The van der Waals surface area contributed by atoms with Gasteiger partial charge in [-0.1, -0.05) is 24.3 Å². The van der Waals surface area contributed by atoms with Crippen LogP contribution in [0.3, 0.4) is 0 Å². The number of nitrogens with one attached hydrogen (secondary N) is 1. The van der Waals surface area contributed by atoms with Gasteiger partial charge >= 0.3 is 0 Å². The van der Waals surface area contributed by atoms with Crippen molar-refractivity contribution in [3.63, 3.8) is 0 Å². The molecule has 0 fully saturated rings. The summed E-state index contributed by atoms with van der Waals surface area (Å²) in [4.78, 5) is 19.1. The number of anilines is 2. The van der Waals surface area contributed by atoms with E-state index in [1.807, 2.05) is 42.6 Å². The molecule has 0 atom stereocenters. The lowest BCUT2D eigenvalue weighted by Gasteiger charge is -2.18. The second-order valence-electron chi connectivity index (χ2n) is 7.30. The number of amides is 1. The number of nitrogens with zero attached hydrogens (tertiary/aromatic N) is 2. The van der Waals surface area contributed by atoms with Gasteiger partial charge in [-0.2, -0.15) is 0 Å². The molecule has 1 aromatic heterocycles. The molecule has 0 radical (unpaired) electrons. The van der Waals surface area contributed by atoms with Crippen LogP contribution in [0.4, 0.5) is 10.8 Å². The van der Waals surface area contributed by atoms with Gasteiger partial charge in [-0.3, -0.25) is 9.69 Å². The highest BCUT2D eigenvalue weighted by Crippen LogP contribution is 2.29. The summed E-state index contributed by atoms with van der Waals surface area (Å²) in [5.41, 5.74) is 2.06. The number of para-hydroxylation sites is 1. The number of benzene rings is 2. The Morgan fingerprint density at radius 2 is 1.91 bits per heavy atom. The Morgan fingerprint density at radius 1 is 1.19 bits per heavy atom. The first-order chi connectivity index (χ1) is 15.2. The van der Waals surface area contributed by atoms with E-state index in [4.69, 9.17) is 4.74 Å². The predicted molar refractivity (Wildman–Crippen MR) is 128 cm³/mol. The molecule has 0 aliphatic heterocycles. The molecule has 0 aliphatic carbocycles. The lowest BCUT2D eigenvalue weighted by molar-refractivity contribution is -0.113. The molecule has 3 rings (SSSR count).